The summed E-state index contributed by atoms with van der Waals surface area (Å²) in [6.45, 7) is 1.14. The number of pyridine rings is 1. The lowest BCUT2D eigenvalue weighted by Gasteiger charge is -2.23. The van der Waals surface area contributed by atoms with Gasteiger partial charge in [0.1, 0.15) is 0 Å². The number of nitrogens with zero attached hydrogens (tertiary/aromatic N) is 3. The van der Waals surface area contributed by atoms with Crippen molar-refractivity contribution in [2.45, 2.75) is 32.5 Å². The van der Waals surface area contributed by atoms with E-state index in [1.807, 2.05) is 42.5 Å². The van der Waals surface area contributed by atoms with Gasteiger partial charge in [-0.3, -0.25) is 14.3 Å². The number of hydrogen-bond donors (Lipinski definition) is 0. The van der Waals surface area contributed by atoms with Gasteiger partial charge in [0.25, 0.3) is 0 Å². The maximum Gasteiger partial charge on any atom is 0.419 e. The number of benzene rings is 2. The predicted octanol–water partition coefficient (Wildman–Crippen LogP) is 5.31. The van der Waals surface area contributed by atoms with Crippen LogP contribution in [0, 0.1) is 0 Å². The summed E-state index contributed by atoms with van der Waals surface area (Å²) in [4.78, 5) is 31.3. The van der Waals surface area contributed by atoms with Crippen molar-refractivity contribution in [3.63, 3.8) is 0 Å². The first kappa shape index (κ1) is 22.1. The number of fused-ring (bicyclic) bond motifs is 1. The van der Waals surface area contributed by atoms with E-state index in [9.17, 15) is 9.59 Å². The Labute approximate surface area is 195 Å². The molecule has 4 aromatic rings. The van der Waals surface area contributed by atoms with Crippen LogP contribution in [0.2, 0.25) is 10.0 Å². The summed E-state index contributed by atoms with van der Waals surface area (Å²) < 4.78 is 6.82. The van der Waals surface area contributed by atoms with Crippen LogP contribution < -0.4 is 5.76 Å². The maximum absolute atomic E-state index is 13.1. The molecule has 0 spiro atoms. The molecule has 32 heavy (non-hydrogen) atoms. The molecule has 0 unspecified atom stereocenters. The van der Waals surface area contributed by atoms with E-state index in [-0.39, 0.29) is 12.3 Å². The molecule has 0 N–H and O–H groups in total. The maximum atomic E-state index is 13.1. The third-order valence-corrected chi connectivity index (χ3v) is 5.87. The molecule has 0 aliphatic carbocycles. The molecule has 0 atom stereocenters. The number of amides is 1. The lowest BCUT2D eigenvalue weighted by atomic mass is 10.1. The summed E-state index contributed by atoms with van der Waals surface area (Å²) in [5.74, 6) is -0.456. The van der Waals surface area contributed by atoms with Gasteiger partial charge in [-0.1, -0.05) is 47.5 Å². The number of halogens is 2. The van der Waals surface area contributed by atoms with E-state index in [2.05, 4.69) is 4.98 Å². The van der Waals surface area contributed by atoms with Crippen LogP contribution in [0.15, 0.2) is 76.1 Å². The van der Waals surface area contributed by atoms with Crippen LogP contribution >= 0.6 is 23.2 Å². The molecule has 1 amide bonds. The van der Waals surface area contributed by atoms with E-state index in [1.54, 1.807) is 33.9 Å². The van der Waals surface area contributed by atoms with Crippen molar-refractivity contribution in [2.75, 3.05) is 0 Å². The monoisotopic (exact) mass is 469 g/mol. The molecule has 2 aromatic carbocycles. The lowest BCUT2D eigenvalue weighted by Crippen LogP contribution is -2.30. The number of hydrogen-bond acceptors (Lipinski definition) is 4. The van der Waals surface area contributed by atoms with Crippen LogP contribution in [0.3, 0.4) is 0 Å². The van der Waals surface area contributed by atoms with Gasteiger partial charge in [0, 0.05) is 25.7 Å². The zero-order valence-electron chi connectivity index (χ0n) is 17.2. The molecule has 0 saturated heterocycles. The summed E-state index contributed by atoms with van der Waals surface area (Å²) >= 11 is 12.2. The molecular formula is C24H21Cl2N3O3. The Morgan fingerprint density at radius 1 is 1.00 bits per heavy atom. The molecule has 0 saturated carbocycles. The van der Waals surface area contributed by atoms with Gasteiger partial charge in [0.2, 0.25) is 5.91 Å². The fourth-order valence-corrected chi connectivity index (χ4v) is 3.87. The minimum absolute atomic E-state index is 0.0393. The smallest absolute Gasteiger partial charge is 0.408 e. The summed E-state index contributed by atoms with van der Waals surface area (Å²) in [6, 6.07) is 18.2. The zero-order chi connectivity index (χ0) is 22.5. The Morgan fingerprint density at radius 3 is 2.59 bits per heavy atom. The van der Waals surface area contributed by atoms with Gasteiger partial charge in [0.05, 0.1) is 27.8 Å². The average molecular weight is 470 g/mol. The van der Waals surface area contributed by atoms with Gasteiger partial charge in [-0.2, -0.15) is 0 Å². The van der Waals surface area contributed by atoms with Crippen molar-refractivity contribution in [2.24, 2.45) is 0 Å². The van der Waals surface area contributed by atoms with Crippen molar-refractivity contribution in [3.05, 3.63) is 98.7 Å². The SMILES string of the molecule is O=C(CCCn1c(=O)oc2ccccc21)N(Cc1ccc(Cl)c(Cl)c1)Cc1ccccn1. The van der Waals surface area contributed by atoms with Crippen LogP contribution in [0.1, 0.15) is 24.1 Å². The quantitative estimate of drug-likeness (QED) is 0.350. The minimum atomic E-state index is -0.417. The fourth-order valence-electron chi connectivity index (χ4n) is 3.55. The topological polar surface area (TPSA) is 68.3 Å². The fraction of sp³-hybridized carbons (Fsp3) is 0.208. The van der Waals surface area contributed by atoms with Gasteiger partial charge in [0.15, 0.2) is 5.58 Å². The van der Waals surface area contributed by atoms with Crippen molar-refractivity contribution < 1.29 is 9.21 Å². The van der Waals surface area contributed by atoms with E-state index >= 15 is 0 Å². The van der Waals surface area contributed by atoms with Gasteiger partial charge in [-0.05, 0) is 48.4 Å². The number of oxazole rings is 1. The number of carbonyl (C=O) groups is 1. The van der Waals surface area contributed by atoms with Crippen LogP contribution in [0.4, 0.5) is 0 Å². The third-order valence-electron chi connectivity index (χ3n) is 5.14. The first-order valence-electron chi connectivity index (χ1n) is 10.2. The van der Waals surface area contributed by atoms with Crippen molar-refractivity contribution in [1.82, 2.24) is 14.5 Å². The predicted molar refractivity (Wildman–Crippen MR) is 125 cm³/mol. The normalized spacial score (nSPS) is 11.1. The van der Waals surface area contributed by atoms with E-state index in [4.69, 9.17) is 27.6 Å². The van der Waals surface area contributed by atoms with Crippen LogP contribution in [0.5, 0.6) is 0 Å². The van der Waals surface area contributed by atoms with Crippen molar-refractivity contribution in [3.8, 4) is 0 Å². The lowest BCUT2D eigenvalue weighted by molar-refractivity contribution is -0.132. The highest BCUT2D eigenvalue weighted by atomic mass is 35.5. The summed E-state index contributed by atoms with van der Waals surface area (Å²) in [5, 5.41) is 0.913. The second-order valence-electron chi connectivity index (χ2n) is 7.41. The number of carbonyl (C=O) groups excluding carboxylic acids is 1. The molecule has 2 heterocycles. The molecule has 6 nitrogen and oxygen atoms in total. The molecular weight excluding hydrogens is 449 g/mol. The number of aryl methyl sites for hydroxylation is 1. The van der Waals surface area contributed by atoms with Crippen LogP contribution in [0.25, 0.3) is 11.1 Å². The molecule has 0 fully saturated rings. The Bertz CT molecular complexity index is 1280. The largest absolute Gasteiger partial charge is 0.419 e. The highest BCUT2D eigenvalue weighted by molar-refractivity contribution is 6.42. The van der Waals surface area contributed by atoms with E-state index < -0.39 is 5.76 Å². The van der Waals surface area contributed by atoms with Gasteiger partial charge in [-0.25, -0.2) is 4.79 Å². The Kier molecular flexibility index (Phi) is 6.93. The van der Waals surface area contributed by atoms with Crippen LogP contribution in [-0.2, 0) is 24.4 Å². The molecule has 0 aliphatic heterocycles. The summed E-state index contributed by atoms with van der Waals surface area (Å²) in [5.41, 5.74) is 2.94. The van der Waals surface area contributed by atoms with E-state index in [1.165, 1.54) is 0 Å². The second kappa shape index (κ2) is 10.0. The molecule has 0 bridgehead atoms. The minimum Gasteiger partial charge on any atom is -0.408 e. The average Bonchev–Trinajstić information content (AvgIpc) is 3.11. The molecule has 4 rings (SSSR count). The molecule has 8 heteroatoms. The molecule has 164 valence electrons. The number of para-hydroxylation sites is 2. The van der Waals surface area contributed by atoms with Gasteiger partial charge >= 0.3 is 5.76 Å². The highest BCUT2D eigenvalue weighted by Crippen LogP contribution is 2.24. The van der Waals surface area contributed by atoms with Crippen molar-refractivity contribution >= 4 is 40.2 Å². The first-order chi connectivity index (χ1) is 15.5. The number of aromatic nitrogens is 2. The van der Waals surface area contributed by atoms with E-state index in [0.29, 0.717) is 41.7 Å². The third kappa shape index (κ3) is 5.21. The molecule has 0 aliphatic rings. The van der Waals surface area contributed by atoms with E-state index in [0.717, 1.165) is 16.8 Å². The van der Waals surface area contributed by atoms with Gasteiger partial charge < -0.3 is 9.32 Å². The molecule has 0 radical (unpaired) electrons. The Hall–Kier alpha value is -3.09. The first-order valence-corrected chi connectivity index (χ1v) is 11.0. The number of rotatable bonds is 8. The molecule has 2 aromatic heterocycles. The zero-order valence-corrected chi connectivity index (χ0v) is 18.7. The summed E-state index contributed by atoms with van der Waals surface area (Å²) in [7, 11) is 0. The summed E-state index contributed by atoms with van der Waals surface area (Å²) in [6.07, 6.45) is 2.48. The Morgan fingerprint density at radius 2 is 1.81 bits per heavy atom. The van der Waals surface area contributed by atoms with Crippen LogP contribution in [-0.4, -0.2) is 20.4 Å². The Balaban J connectivity index is 1.47. The van der Waals surface area contributed by atoms with Gasteiger partial charge in [-0.15, -0.1) is 0 Å². The van der Waals surface area contributed by atoms with Crippen molar-refractivity contribution in [1.29, 1.82) is 0 Å². The second-order valence-corrected chi connectivity index (χ2v) is 8.22. The standard InChI is InChI=1S/C24H21Cl2N3O3/c25-19-11-10-17(14-20(19)26)15-28(16-18-6-3-4-12-27-18)23(30)9-5-13-29-21-7-1-2-8-22(21)32-24(29)31/h1-4,6-8,10-12,14H,5,9,13,15-16H2. The highest BCUT2D eigenvalue weighted by Gasteiger charge is 2.17.